The van der Waals surface area contributed by atoms with Gasteiger partial charge in [0.25, 0.3) is 0 Å². The molecular formula is C5H10NS. The monoisotopic (exact) mass is 116 g/mol. The van der Waals surface area contributed by atoms with Gasteiger partial charge in [-0.3, -0.25) is 0 Å². The zero-order chi connectivity index (χ0) is 5.11. The van der Waals surface area contributed by atoms with Crippen LogP contribution in [0.5, 0.6) is 0 Å². The SMILES string of the molecule is [CH2]C1CNCCS1. The van der Waals surface area contributed by atoms with Crippen LogP contribution in [-0.2, 0) is 0 Å². The van der Waals surface area contributed by atoms with Gasteiger partial charge in [-0.05, 0) is 6.92 Å². The van der Waals surface area contributed by atoms with Gasteiger partial charge in [0, 0.05) is 24.1 Å². The van der Waals surface area contributed by atoms with Crippen molar-refractivity contribution in [2.75, 3.05) is 18.8 Å². The van der Waals surface area contributed by atoms with Crippen LogP contribution >= 0.6 is 11.8 Å². The molecule has 0 bridgehead atoms. The van der Waals surface area contributed by atoms with E-state index in [2.05, 4.69) is 12.2 Å². The average molecular weight is 116 g/mol. The largest absolute Gasteiger partial charge is 0.315 e. The van der Waals surface area contributed by atoms with Crippen LogP contribution in [0.25, 0.3) is 0 Å². The summed E-state index contributed by atoms with van der Waals surface area (Å²) in [5.41, 5.74) is 0. The first-order valence-corrected chi connectivity index (χ1v) is 3.60. The minimum Gasteiger partial charge on any atom is -0.315 e. The highest BCUT2D eigenvalue weighted by atomic mass is 32.2. The molecule has 1 aliphatic rings. The topological polar surface area (TPSA) is 12.0 Å². The lowest BCUT2D eigenvalue weighted by Gasteiger charge is -2.17. The molecule has 1 fully saturated rings. The summed E-state index contributed by atoms with van der Waals surface area (Å²) in [7, 11) is 0. The molecule has 1 N–H and O–H groups in total. The fraction of sp³-hybridized carbons (Fsp3) is 0.800. The molecule has 1 atom stereocenters. The quantitative estimate of drug-likeness (QED) is 0.495. The number of thioether (sulfide) groups is 1. The van der Waals surface area contributed by atoms with E-state index in [1.807, 2.05) is 11.8 Å². The van der Waals surface area contributed by atoms with Crippen LogP contribution in [0.3, 0.4) is 0 Å². The first-order valence-electron chi connectivity index (χ1n) is 2.55. The lowest BCUT2D eigenvalue weighted by molar-refractivity contribution is 0.717. The summed E-state index contributed by atoms with van der Waals surface area (Å²) in [4.78, 5) is 0. The predicted molar refractivity (Wildman–Crippen MR) is 34.5 cm³/mol. The van der Waals surface area contributed by atoms with E-state index in [1.165, 1.54) is 5.75 Å². The molecule has 0 aromatic heterocycles. The molecule has 1 nitrogen and oxygen atoms in total. The second-order valence-electron chi connectivity index (χ2n) is 1.70. The van der Waals surface area contributed by atoms with Gasteiger partial charge in [0.05, 0.1) is 0 Å². The van der Waals surface area contributed by atoms with Gasteiger partial charge in [-0.25, -0.2) is 0 Å². The Labute approximate surface area is 48.9 Å². The van der Waals surface area contributed by atoms with Gasteiger partial charge in [0.1, 0.15) is 0 Å². The normalized spacial score (nSPS) is 33.0. The van der Waals surface area contributed by atoms with Crippen molar-refractivity contribution in [2.45, 2.75) is 5.25 Å². The zero-order valence-electron chi connectivity index (χ0n) is 4.31. The number of rotatable bonds is 0. The molecule has 0 spiro atoms. The van der Waals surface area contributed by atoms with Gasteiger partial charge in [-0.15, -0.1) is 0 Å². The van der Waals surface area contributed by atoms with Crippen LogP contribution in [0.2, 0.25) is 0 Å². The van der Waals surface area contributed by atoms with Gasteiger partial charge in [-0.2, -0.15) is 11.8 Å². The Kier molecular flexibility index (Phi) is 2.00. The molecule has 2 heteroatoms. The molecule has 7 heavy (non-hydrogen) atoms. The third-order valence-corrected chi connectivity index (χ3v) is 2.08. The maximum atomic E-state index is 3.90. The summed E-state index contributed by atoms with van der Waals surface area (Å²) in [5.74, 6) is 1.23. The van der Waals surface area contributed by atoms with Crippen molar-refractivity contribution in [3.05, 3.63) is 6.92 Å². The highest BCUT2D eigenvalue weighted by molar-refractivity contribution is 8.00. The Balaban J connectivity index is 2.12. The van der Waals surface area contributed by atoms with Gasteiger partial charge in [0.2, 0.25) is 0 Å². The number of nitrogens with one attached hydrogen (secondary N) is 1. The molecule has 1 saturated heterocycles. The van der Waals surface area contributed by atoms with E-state index in [-0.39, 0.29) is 0 Å². The molecule has 0 aliphatic carbocycles. The summed E-state index contributed by atoms with van der Waals surface area (Å²) < 4.78 is 0. The van der Waals surface area contributed by atoms with Crippen molar-refractivity contribution < 1.29 is 0 Å². The second-order valence-corrected chi connectivity index (χ2v) is 3.11. The third kappa shape index (κ3) is 1.70. The van der Waals surface area contributed by atoms with Gasteiger partial charge in [-0.1, -0.05) is 0 Å². The Hall–Kier alpha value is 0.310. The summed E-state index contributed by atoms with van der Waals surface area (Å²) in [6.07, 6.45) is 0. The van der Waals surface area contributed by atoms with E-state index in [0.717, 1.165) is 13.1 Å². The molecule has 0 amide bonds. The molecule has 1 radical (unpaired) electrons. The molecule has 0 aromatic rings. The molecule has 1 heterocycles. The maximum absolute atomic E-state index is 3.90. The van der Waals surface area contributed by atoms with E-state index in [1.54, 1.807) is 0 Å². The zero-order valence-corrected chi connectivity index (χ0v) is 5.13. The molecule has 0 aromatic carbocycles. The van der Waals surface area contributed by atoms with Crippen LogP contribution in [0.15, 0.2) is 0 Å². The fourth-order valence-corrected chi connectivity index (χ4v) is 1.45. The smallest absolute Gasteiger partial charge is 0.0173 e. The second kappa shape index (κ2) is 2.58. The standard InChI is InChI=1S/C5H10NS/c1-5-4-6-2-3-7-5/h5-6H,1-4H2. The third-order valence-electron chi connectivity index (χ3n) is 1.00. The lowest BCUT2D eigenvalue weighted by atomic mass is 10.4. The van der Waals surface area contributed by atoms with E-state index in [4.69, 9.17) is 0 Å². The fourth-order valence-electron chi connectivity index (χ4n) is 0.620. The van der Waals surface area contributed by atoms with Crippen molar-refractivity contribution in [1.82, 2.24) is 5.32 Å². The first-order chi connectivity index (χ1) is 3.39. The number of hydrogen-bond acceptors (Lipinski definition) is 2. The van der Waals surface area contributed by atoms with Crippen LogP contribution in [0.4, 0.5) is 0 Å². The van der Waals surface area contributed by atoms with Crippen molar-refractivity contribution in [2.24, 2.45) is 0 Å². The lowest BCUT2D eigenvalue weighted by Crippen LogP contribution is -2.30. The van der Waals surface area contributed by atoms with Gasteiger partial charge >= 0.3 is 0 Å². The number of hydrogen-bond donors (Lipinski definition) is 1. The van der Waals surface area contributed by atoms with E-state index < -0.39 is 0 Å². The van der Waals surface area contributed by atoms with Gasteiger partial charge < -0.3 is 5.32 Å². The average Bonchev–Trinajstić information content (AvgIpc) is 1.69. The molecule has 1 aliphatic heterocycles. The van der Waals surface area contributed by atoms with Crippen LogP contribution in [-0.4, -0.2) is 24.1 Å². The highest BCUT2D eigenvalue weighted by Crippen LogP contribution is 2.10. The van der Waals surface area contributed by atoms with E-state index >= 15 is 0 Å². The molecular weight excluding hydrogens is 106 g/mol. The minimum atomic E-state index is 0.591. The molecule has 1 rings (SSSR count). The summed E-state index contributed by atoms with van der Waals surface area (Å²) >= 11 is 1.94. The van der Waals surface area contributed by atoms with Crippen molar-refractivity contribution in [1.29, 1.82) is 0 Å². The van der Waals surface area contributed by atoms with Crippen molar-refractivity contribution in [3.8, 4) is 0 Å². The van der Waals surface area contributed by atoms with E-state index in [0.29, 0.717) is 5.25 Å². The van der Waals surface area contributed by atoms with Crippen molar-refractivity contribution >= 4 is 11.8 Å². The molecule has 41 valence electrons. The van der Waals surface area contributed by atoms with Gasteiger partial charge in [0.15, 0.2) is 0 Å². The van der Waals surface area contributed by atoms with Crippen LogP contribution in [0, 0.1) is 6.92 Å². The van der Waals surface area contributed by atoms with Crippen LogP contribution < -0.4 is 5.32 Å². The summed E-state index contributed by atoms with van der Waals surface area (Å²) in [6, 6.07) is 0. The first kappa shape index (κ1) is 5.45. The molecule has 1 unspecified atom stereocenters. The summed E-state index contributed by atoms with van der Waals surface area (Å²) in [6.45, 7) is 6.15. The summed E-state index contributed by atoms with van der Waals surface area (Å²) in [5, 5.41) is 3.84. The molecule has 0 saturated carbocycles. The Morgan fingerprint density at radius 1 is 1.71 bits per heavy atom. The van der Waals surface area contributed by atoms with Crippen molar-refractivity contribution in [3.63, 3.8) is 0 Å². The maximum Gasteiger partial charge on any atom is 0.0173 e. The van der Waals surface area contributed by atoms with Crippen LogP contribution in [0.1, 0.15) is 0 Å². The Morgan fingerprint density at radius 3 is 2.86 bits per heavy atom. The highest BCUT2D eigenvalue weighted by Gasteiger charge is 2.05. The Morgan fingerprint density at radius 2 is 2.57 bits per heavy atom. The predicted octanol–water partition coefficient (Wildman–Crippen LogP) is 0.525. The minimum absolute atomic E-state index is 0.591. The van der Waals surface area contributed by atoms with E-state index in [9.17, 15) is 0 Å². The Bertz CT molecular complexity index is 50.0.